The van der Waals surface area contributed by atoms with E-state index in [0.29, 0.717) is 35.7 Å². The maximum absolute atomic E-state index is 9.44. The maximum Gasteiger partial charge on any atom is 0.0666 e. The number of allylic oxidation sites excluding steroid dienone is 2. The van der Waals surface area contributed by atoms with Crippen molar-refractivity contribution in [2.24, 2.45) is 41.4 Å². The van der Waals surface area contributed by atoms with Crippen molar-refractivity contribution >= 4 is 0 Å². The Morgan fingerprint density at radius 3 is 2.67 bits per heavy atom. The van der Waals surface area contributed by atoms with Crippen molar-refractivity contribution < 1.29 is 4.74 Å². The molecule has 0 aliphatic heterocycles. The standard InChI is InChI=1S/C19H29NO/c1-12(2)16-7-4-13(3)8-19(16)21-11-18-15-6-5-14(9-15)17(18)10-20/h5-6,12-19H,4,7-9,11H2,1-3H3. The van der Waals surface area contributed by atoms with Gasteiger partial charge in [-0.1, -0.05) is 39.3 Å². The average molecular weight is 287 g/mol. The number of nitrogens with zero attached hydrogens (tertiary/aromatic N) is 1. The molecule has 0 aromatic rings. The van der Waals surface area contributed by atoms with Crippen LogP contribution in [0.1, 0.15) is 46.5 Å². The van der Waals surface area contributed by atoms with Gasteiger partial charge in [-0.15, -0.1) is 0 Å². The van der Waals surface area contributed by atoms with E-state index < -0.39 is 0 Å². The molecule has 0 spiro atoms. The van der Waals surface area contributed by atoms with Gasteiger partial charge in [-0.05, 0) is 48.9 Å². The van der Waals surface area contributed by atoms with E-state index in [2.05, 4.69) is 39.0 Å². The first-order chi connectivity index (χ1) is 10.1. The molecule has 2 nitrogen and oxygen atoms in total. The van der Waals surface area contributed by atoms with Gasteiger partial charge in [0.2, 0.25) is 0 Å². The largest absolute Gasteiger partial charge is 0.378 e. The monoisotopic (exact) mass is 287 g/mol. The van der Waals surface area contributed by atoms with E-state index in [9.17, 15) is 5.26 Å². The number of nitriles is 1. The van der Waals surface area contributed by atoms with Crippen LogP contribution in [0.5, 0.6) is 0 Å². The van der Waals surface area contributed by atoms with Gasteiger partial charge in [0.25, 0.3) is 0 Å². The SMILES string of the molecule is CC1CCC(C(C)C)C(OCC2C3C=CC(C3)C2C#N)C1. The summed E-state index contributed by atoms with van der Waals surface area (Å²) in [6, 6.07) is 2.54. The minimum Gasteiger partial charge on any atom is -0.378 e. The topological polar surface area (TPSA) is 33.0 Å². The zero-order valence-electron chi connectivity index (χ0n) is 13.7. The van der Waals surface area contributed by atoms with Crippen LogP contribution >= 0.6 is 0 Å². The van der Waals surface area contributed by atoms with Crippen LogP contribution in [0.25, 0.3) is 0 Å². The Hall–Kier alpha value is -0.810. The molecule has 0 aromatic heterocycles. The van der Waals surface area contributed by atoms with Crippen LogP contribution < -0.4 is 0 Å². The van der Waals surface area contributed by atoms with E-state index in [1.165, 1.54) is 25.7 Å². The molecule has 2 fully saturated rings. The summed E-state index contributed by atoms with van der Waals surface area (Å²) in [5, 5.41) is 9.44. The van der Waals surface area contributed by atoms with Gasteiger partial charge in [0.05, 0.1) is 24.7 Å². The van der Waals surface area contributed by atoms with Crippen molar-refractivity contribution in [2.75, 3.05) is 6.61 Å². The molecule has 0 aromatic carbocycles. The number of fused-ring (bicyclic) bond motifs is 2. The zero-order chi connectivity index (χ0) is 15.0. The maximum atomic E-state index is 9.44. The highest BCUT2D eigenvalue weighted by atomic mass is 16.5. The average Bonchev–Trinajstić information content (AvgIpc) is 3.05. The summed E-state index contributed by atoms with van der Waals surface area (Å²) < 4.78 is 6.41. The second-order valence-electron chi connectivity index (χ2n) is 7.96. The van der Waals surface area contributed by atoms with E-state index >= 15 is 0 Å². The fraction of sp³-hybridized carbons (Fsp3) is 0.842. The Morgan fingerprint density at radius 1 is 1.19 bits per heavy atom. The Bertz CT molecular complexity index is 435. The molecule has 2 saturated carbocycles. The van der Waals surface area contributed by atoms with Gasteiger partial charge in [0.15, 0.2) is 0 Å². The van der Waals surface area contributed by atoms with Gasteiger partial charge in [-0.25, -0.2) is 0 Å². The van der Waals surface area contributed by atoms with E-state index in [-0.39, 0.29) is 5.92 Å². The molecular weight excluding hydrogens is 258 g/mol. The first kappa shape index (κ1) is 15.1. The molecule has 0 N–H and O–H groups in total. The smallest absolute Gasteiger partial charge is 0.0666 e. The van der Waals surface area contributed by atoms with E-state index in [1.54, 1.807) is 0 Å². The van der Waals surface area contributed by atoms with Gasteiger partial charge in [-0.3, -0.25) is 0 Å². The number of hydrogen-bond acceptors (Lipinski definition) is 2. The lowest BCUT2D eigenvalue weighted by Gasteiger charge is -2.38. The minimum atomic E-state index is 0.193. The van der Waals surface area contributed by atoms with Crippen molar-refractivity contribution in [3.8, 4) is 6.07 Å². The van der Waals surface area contributed by atoms with E-state index in [4.69, 9.17) is 4.74 Å². The number of ether oxygens (including phenoxy) is 1. The summed E-state index contributed by atoms with van der Waals surface area (Å²) in [6.45, 7) is 7.81. The van der Waals surface area contributed by atoms with Gasteiger partial charge >= 0.3 is 0 Å². The predicted octanol–water partition coefficient (Wildman–Crippen LogP) is 4.43. The van der Waals surface area contributed by atoms with Crippen LogP contribution in [0.3, 0.4) is 0 Å². The molecule has 3 aliphatic rings. The van der Waals surface area contributed by atoms with Crippen molar-refractivity contribution in [1.29, 1.82) is 5.26 Å². The molecule has 7 atom stereocenters. The van der Waals surface area contributed by atoms with Crippen LogP contribution in [-0.4, -0.2) is 12.7 Å². The molecule has 0 heterocycles. The lowest BCUT2D eigenvalue weighted by molar-refractivity contribution is -0.0572. The van der Waals surface area contributed by atoms with Crippen LogP contribution in [0, 0.1) is 52.8 Å². The quantitative estimate of drug-likeness (QED) is 0.717. The molecule has 21 heavy (non-hydrogen) atoms. The number of hydrogen-bond donors (Lipinski definition) is 0. The van der Waals surface area contributed by atoms with Gasteiger partial charge in [0.1, 0.15) is 0 Å². The molecule has 7 unspecified atom stereocenters. The minimum absolute atomic E-state index is 0.193. The van der Waals surface area contributed by atoms with Crippen LogP contribution in [-0.2, 0) is 4.74 Å². The highest BCUT2D eigenvalue weighted by molar-refractivity contribution is 5.18. The molecule has 0 amide bonds. The van der Waals surface area contributed by atoms with Crippen molar-refractivity contribution in [3.63, 3.8) is 0 Å². The van der Waals surface area contributed by atoms with E-state index in [0.717, 1.165) is 12.5 Å². The fourth-order valence-corrected chi connectivity index (χ4v) is 4.88. The third kappa shape index (κ3) is 2.90. The first-order valence-corrected chi connectivity index (χ1v) is 8.79. The number of rotatable bonds is 4. The van der Waals surface area contributed by atoms with Crippen LogP contribution in [0.4, 0.5) is 0 Å². The second kappa shape index (κ2) is 6.13. The van der Waals surface area contributed by atoms with Crippen molar-refractivity contribution in [1.82, 2.24) is 0 Å². The third-order valence-electron chi connectivity index (χ3n) is 6.24. The molecule has 3 rings (SSSR count). The summed E-state index contributed by atoms with van der Waals surface area (Å²) in [4.78, 5) is 0. The second-order valence-corrected chi connectivity index (χ2v) is 7.96. The Labute approximate surface area is 129 Å². The van der Waals surface area contributed by atoms with Crippen LogP contribution in [0.2, 0.25) is 0 Å². The zero-order valence-corrected chi connectivity index (χ0v) is 13.7. The normalized spacial score (nSPS) is 45.2. The highest BCUT2D eigenvalue weighted by Crippen LogP contribution is 2.48. The molecule has 0 saturated heterocycles. The molecule has 116 valence electrons. The lowest BCUT2D eigenvalue weighted by atomic mass is 9.75. The Kier molecular flexibility index (Phi) is 4.41. The third-order valence-corrected chi connectivity index (χ3v) is 6.24. The first-order valence-electron chi connectivity index (χ1n) is 8.79. The summed E-state index contributed by atoms with van der Waals surface area (Å²) in [5.41, 5.74) is 0. The molecular formula is C19H29NO. The Morgan fingerprint density at radius 2 is 1.95 bits per heavy atom. The van der Waals surface area contributed by atoms with Gasteiger partial charge in [-0.2, -0.15) is 5.26 Å². The molecule has 0 radical (unpaired) electrons. The van der Waals surface area contributed by atoms with E-state index in [1.807, 2.05) is 0 Å². The van der Waals surface area contributed by atoms with Crippen molar-refractivity contribution in [3.05, 3.63) is 12.2 Å². The van der Waals surface area contributed by atoms with Crippen molar-refractivity contribution in [2.45, 2.75) is 52.6 Å². The summed E-state index contributed by atoms with van der Waals surface area (Å²) in [5.74, 6) is 3.92. The summed E-state index contributed by atoms with van der Waals surface area (Å²) in [7, 11) is 0. The molecule has 2 bridgehead atoms. The highest BCUT2D eigenvalue weighted by Gasteiger charge is 2.45. The summed E-state index contributed by atoms with van der Waals surface area (Å²) >= 11 is 0. The predicted molar refractivity (Wildman–Crippen MR) is 84.4 cm³/mol. The van der Waals surface area contributed by atoms with Gasteiger partial charge < -0.3 is 4.74 Å². The van der Waals surface area contributed by atoms with Gasteiger partial charge in [0, 0.05) is 5.92 Å². The fourth-order valence-electron chi connectivity index (χ4n) is 4.88. The summed E-state index contributed by atoms with van der Waals surface area (Å²) in [6.07, 6.45) is 10.0. The molecule has 3 aliphatic carbocycles. The Balaban J connectivity index is 1.61. The van der Waals surface area contributed by atoms with Crippen LogP contribution in [0.15, 0.2) is 12.2 Å². The lowest BCUT2D eigenvalue weighted by Crippen LogP contribution is -2.36. The molecule has 2 heteroatoms.